The standard InChI is InChI=1S/C21H25N3O3/c1-27-19-9-7-18(8-10-19)23-11-13-24(14-12-23)21(26)15-20(25)22-16-17-5-3-2-4-6-17/h2-10H,11-16H2,1H3,(H,22,25). The molecule has 1 aliphatic rings. The third kappa shape index (κ3) is 5.23. The number of methoxy groups -OCH3 is 1. The molecule has 27 heavy (non-hydrogen) atoms. The lowest BCUT2D eigenvalue weighted by Crippen LogP contribution is -2.49. The number of amides is 2. The van der Waals surface area contributed by atoms with Crippen LogP contribution in [0.1, 0.15) is 12.0 Å². The first kappa shape index (κ1) is 18.8. The van der Waals surface area contributed by atoms with Crippen LogP contribution < -0.4 is 15.0 Å². The van der Waals surface area contributed by atoms with Crippen LogP contribution >= 0.6 is 0 Å². The molecule has 1 aliphatic heterocycles. The Hall–Kier alpha value is -3.02. The van der Waals surface area contributed by atoms with Crippen molar-refractivity contribution >= 4 is 17.5 Å². The quantitative estimate of drug-likeness (QED) is 0.794. The number of benzene rings is 2. The number of anilines is 1. The molecule has 0 radical (unpaired) electrons. The lowest BCUT2D eigenvalue weighted by Gasteiger charge is -2.36. The molecule has 0 aromatic heterocycles. The molecule has 6 nitrogen and oxygen atoms in total. The number of nitrogens with one attached hydrogen (secondary N) is 1. The van der Waals surface area contributed by atoms with Gasteiger partial charge in [-0.05, 0) is 29.8 Å². The smallest absolute Gasteiger partial charge is 0.232 e. The normalized spacial score (nSPS) is 14.0. The Morgan fingerprint density at radius 1 is 0.963 bits per heavy atom. The van der Waals surface area contributed by atoms with Gasteiger partial charge in [0.05, 0.1) is 7.11 Å². The highest BCUT2D eigenvalue weighted by Crippen LogP contribution is 2.20. The van der Waals surface area contributed by atoms with Crippen LogP contribution in [0.15, 0.2) is 54.6 Å². The van der Waals surface area contributed by atoms with E-state index in [9.17, 15) is 9.59 Å². The van der Waals surface area contributed by atoms with Gasteiger partial charge in [-0.3, -0.25) is 9.59 Å². The molecule has 0 unspecified atom stereocenters. The monoisotopic (exact) mass is 367 g/mol. The maximum absolute atomic E-state index is 12.4. The molecule has 0 spiro atoms. The number of carbonyl (C=O) groups excluding carboxylic acids is 2. The van der Waals surface area contributed by atoms with Gasteiger partial charge in [0.15, 0.2) is 0 Å². The zero-order valence-corrected chi connectivity index (χ0v) is 15.6. The molecule has 142 valence electrons. The summed E-state index contributed by atoms with van der Waals surface area (Å²) in [6.45, 7) is 3.19. The Balaban J connectivity index is 1.43. The molecule has 0 aliphatic carbocycles. The first-order valence-corrected chi connectivity index (χ1v) is 9.13. The predicted molar refractivity (Wildman–Crippen MR) is 105 cm³/mol. The highest BCUT2D eigenvalue weighted by atomic mass is 16.5. The molecule has 2 aromatic carbocycles. The summed E-state index contributed by atoms with van der Waals surface area (Å²) in [4.78, 5) is 28.4. The summed E-state index contributed by atoms with van der Waals surface area (Å²) < 4.78 is 5.18. The zero-order chi connectivity index (χ0) is 19.1. The molecule has 1 saturated heterocycles. The first-order chi connectivity index (χ1) is 13.2. The largest absolute Gasteiger partial charge is 0.497 e. The third-order valence-electron chi connectivity index (χ3n) is 4.71. The van der Waals surface area contributed by atoms with Crippen LogP contribution in [-0.2, 0) is 16.1 Å². The fourth-order valence-corrected chi connectivity index (χ4v) is 3.12. The number of hydrogen-bond donors (Lipinski definition) is 1. The number of rotatable bonds is 6. The van der Waals surface area contributed by atoms with Crippen LogP contribution in [0.2, 0.25) is 0 Å². The van der Waals surface area contributed by atoms with Crippen molar-refractivity contribution < 1.29 is 14.3 Å². The molecule has 0 bridgehead atoms. The van der Waals surface area contributed by atoms with E-state index in [1.54, 1.807) is 12.0 Å². The second-order valence-corrected chi connectivity index (χ2v) is 6.50. The molecule has 2 amide bonds. The molecular weight excluding hydrogens is 342 g/mol. The van der Waals surface area contributed by atoms with E-state index in [1.165, 1.54) is 0 Å². The molecule has 0 atom stereocenters. The molecule has 1 fully saturated rings. The summed E-state index contributed by atoms with van der Waals surface area (Å²) in [6.07, 6.45) is -0.102. The molecule has 3 rings (SSSR count). The molecule has 1 heterocycles. The van der Waals surface area contributed by atoms with Gasteiger partial charge in [0, 0.05) is 38.4 Å². The lowest BCUT2D eigenvalue weighted by atomic mass is 10.2. The fraction of sp³-hybridized carbons (Fsp3) is 0.333. The Morgan fingerprint density at radius 2 is 1.63 bits per heavy atom. The molecule has 1 N–H and O–H groups in total. The van der Waals surface area contributed by atoms with Gasteiger partial charge in [0.2, 0.25) is 11.8 Å². The van der Waals surface area contributed by atoms with Crippen molar-refractivity contribution in [1.29, 1.82) is 0 Å². The second kappa shape index (κ2) is 9.07. The van der Waals surface area contributed by atoms with Gasteiger partial charge in [0.1, 0.15) is 12.2 Å². The van der Waals surface area contributed by atoms with Gasteiger partial charge in [-0.2, -0.15) is 0 Å². The van der Waals surface area contributed by atoms with Crippen molar-refractivity contribution in [3.8, 4) is 5.75 Å². The maximum atomic E-state index is 12.4. The minimum Gasteiger partial charge on any atom is -0.497 e. The van der Waals surface area contributed by atoms with Crippen molar-refractivity contribution in [2.24, 2.45) is 0 Å². The topological polar surface area (TPSA) is 61.9 Å². The van der Waals surface area contributed by atoms with E-state index >= 15 is 0 Å². The molecule has 0 saturated carbocycles. The van der Waals surface area contributed by atoms with Gasteiger partial charge in [-0.15, -0.1) is 0 Å². The fourth-order valence-electron chi connectivity index (χ4n) is 3.12. The Kier molecular flexibility index (Phi) is 6.30. The van der Waals surface area contributed by atoms with Gasteiger partial charge in [-0.25, -0.2) is 0 Å². The van der Waals surface area contributed by atoms with Gasteiger partial charge >= 0.3 is 0 Å². The van der Waals surface area contributed by atoms with Gasteiger partial charge < -0.3 is 19.9 Å². The summed E-state index contributed by atoms with van der Waals surface area (Å²) in [5, 5.41) is 2.81. The van der Waals surface area contributed by atoms with E-state index in [4.69, 9.17) is 4.74 Å². The number of nitrogens with zero attached hydrogens (tertiary/aromatic N) is 2. The summed E-state index contributed by atoms with van der Waals surface area (Å²) in [5.41, 5.74) is 2.13. The summed E-state index contributed by atoms with van der Waals surface area (Å²) >= 11 is 0. The van der Waals surface area contributed by atoms with E-state index in [2.05, 4.69) is 10.2 Å². The maximum Gasteiger partial charge on any atom is 0.232 e. The molecular formula is C21H25N3O3. The molecule has 2 aromatic rings. The zero-order valence-electron chi connectivity index (χ0n) is 15.6. The van der Waals surface area contributed by atoms with Crippen molar-refractivity contribution in [1.82, 2.24) is 10.2 Å². The van der Waals surface area contributed by atoms with Crippen molar-refractivity contribution in [2.45, 2.75) is 13.0 Å². The van der Waals surface area contributed by atoms with Crippen LogP contribution in [0.5, 0.6) is 5.75 Å². The number of hydrogen-bond acceptors (Lipinski definition) is 4. The number of carbonyl (C=O) groups is 2. The Morgan fingerprint density at radius 3 is 2.26 bits per heavy atom. The average Bonchev–Trinajstić information content (AvgIpc) is 2.73. The van der Waals surface area contributed by atoms with Crippen molar-refractivity contribution in [3.63, 3.8) is 0 Å². The minimum atomic E-state index is -0.235. The van der Waals surface area contributed by atoms with E-state index < -0.39 is 0 Å². The van der Waals surface area contributed by atoms with E-state index in [0.717, 1.165) is 30.1 Å². The Labute approximate surface area is 159 Å². The number of ether oxygens (including phenoxy) is 1. The second-order valence-electron chi connectivity index (χ2n) is 6.50. The van der Waals surface area contributed by atoms with Gasteiger partial charge in [-0.1, -0.05) is 30.3 Å². The summed E-state index contributed by atoms with van der Waals surface area (Å²) in [7, 11) is 1.65. The van der Waals surface area contributed by atoms with Crippen LogP contribution in [0, 0.1) is 0 Å². The molecule has 6 heteroatoms. The van der Waals surface area contributed by atoms with Crippen LogP contribution in [-0.4, -0.2) is 50.0 Å². The van der Waals surface area contributed by atoms with Crippen molar-refractivity contribution in [2.75, 3.05) is 38.2 Å². The Bertz CT molecular complexity index is 754. The highest BCUT2D eigenvalue weighted by Gasteiger charge is 2.22. The third-order valence-corrected chi connectivity index (χ3v) is 4.71. The van der Waals surface area contributed by atoms with Crippen LogP contribution in [0.4, 0.5) is 5.69 Å². The SMILES string of the molecule is COc1ccc(N2CCN(C(=O)CC(=O)NCc3ccccc3)CC2)cc1. The van der Waals surface area contributed by atoms with E-state index in [-0.39, 0.29) is 18.2 Å². The van der Waals surface area contributed by atoms with E-state index in [1.807, 2.05) is 54.6 Å². The van der Waals surface area contributed by atoms with Gasteiger partial charge in [0.25, 0.3) is 0 Å². The van der Waals surface area contributed by atoms with Crippen LogP contribution in [0.25, 0.3) is 0 Å². The van der Waals surface area contributed by atoms with Crippen molar-refractivity contribution in [3.05, 3.63) is 60.2 Å². The lowest BCUT2D eigenvalue weighted by molar-refractivity contribution is -0.136. The first-order valence-electron chi connectivity index (χ1n) is 9.13. The average molecular weight is 367 g/mol. The summed E-state index contributed by atoms with van der Waals surface area (Å²) in [6, 6.07) is 17.6. The van der Waals surface area contributed by atoms with E-state index in [0.29, 0.717) is 19.6 Å². The predicted octanol–water partition coefficient (Wildman–Crippen LogP) is 2.05. The highest BCUT2D eigenvalue weighted by molar-refractivity contribution is 5.96. The van der Waals surface area contributed by atoms with Crippen LogP contribution in [0.3, 0.4) is 0 Å². The minimum absolute atomic E-state index is 0.102. The summed E-state index contributed by atoms with van der Waals surface area (Å²) in [5.74, 6) is 0.477. The number of piperazine rings is 1.